The van der Waals surface area contributed by atoms with Gasteiger partial charge in [-0.15, -0.1) is 0 Å². The van der Waals surface area contributed by atoms with Gasteiger partial charge in [-0.2, -0.15) is 0 Å². The summed E-state index contributed by atoms with van der Waals surface area (Å²) in [5.74, 6) is -3.15. The Hall–Kier alpha value is -3.42. The van der Waals surface area contributed by atoms with Crippen molar-refractivity contribution in [3.05, 3.63) is 65.9 Å². The topological polar surface area (TPSA) is 83.2 Å². The second kappa shape index (κ2) is 7.00. The van der Waals surface area contributed by atoms with Crippen LogP contribution in [-0.4, -0.2) is 23.4 Å². The number of H-pyrrole nitrogens is 1. The summed E-state index contributed by atoms with van der Waals surface area (Å²) < 4.78 is 31.1. The van der Waals surface area contributed by atoms with Crippen molar-refractivity contribution in [2.24, 2.45) is 0 Å². The number of hydrogen-bond acceptors (Lipinski definition) is 3. The van der Waals surface area contributed by atoms with Gasteiger partial charge in [0, 0.05) is 23.2 Å². The number of aromatic nitrogens is 1. The van der Waals surface area contributed by atoms with Crippen molar-refractivity contribution in [2.75, 3.05) is 6.61 Å². The van der Waals surface area contributed by atoms with E-state index >= 15 is 0 Å². The average molecular weight is 345 g/mol. The summed E-state index contributed by atoms with van der Waals surface area (Å²) in [6.45, 7) is -0.545. The Bertz CT molecular complexity index is 940. The number of benzene rings is 2. The van der Waals surface area contributed by atoms with Crippen molar-refractivity contribution in [3.8, 4) is 5.75 Å². The van der Waals surface area contributed by atoms with Gasteiger partial charge in [-0.3, -0.25) is 20.4 Å². The summed E-state index contributed by atoms with van der Waals surface area (Å²) in [7, 11) is 0. The van der Waals surface area contributed by atoms with Crippen LogP contribution in [0.1, 0.15) is 10.4 Å². The van der Waals surface area contributed by atoms with E-state index in [-0.39, 0.29) is 5.75 Å². The molecule has 6 nitrogen and oxygen atoms in total. The second-order valence-electron chi connectivity index (χ2n) is 5.11. The van der Waals surface area contributed by atoms with Gasteiger partial charge in [0.15, 0.2) is 18.2 Å². The molecule has 0 fully saturated rings. The first kappa shape index (κ1) is 16.4. The molecular weight excluding hydrogens is 332 g/mol. The van der Waals surface area contributed by atoms with Crippen molar-refractivity contribution < 1.29 is 23.1 Å². The maximum atomic E-state index is 13.4. The molecule has 0 aliphatic heterocycles. The minimum Gasteiger partial charge on any atom is -0.481 e. The van der Waals surface area contributed by atoms with Gasteiger partial charge in [-0.1, -0.05) is 18.2 Å². The first-order chi connectivity index (χ1) is 12.0. The number of hydrogen-bond donors (Lipinski definition) is 3. The zero-order chi connectivity index (χ0) is 17.8. The van der Waals surface area contributed by atoms with Gasteiger partial charge in [0.1, 0.15) is 5.82 Å². The normalized spacial score (nSPS) is 10.5. The van der Waals surface area contributed by atoms with E-state index in [0.717, 1.165) is 17.6 Å². The zero-order valence-electron chi connectivity index (χ0n) is 12.8. The van der Waals surface area contributed by atoms with Crippen LogP contribution >= 0.6 is 0 Å². The largest absolute Gasteiger partial charge is 0.481 e. The highest BCUT2D eigenvalue weighted by Gasteiger charge is 2.13. The smallest absolute Gasteiger partial charge is 0.276 e. The van der Waals surface area contributed by atoms with E-state index in [4.69, 9.17) is 4.74 Å². The van der Waals surface area contributed by atoms with Crippen molar-refractivity contribution in [3.63, 3.8) is 0 Å². The molecule has 3 N–H and O–H groups in total. The lowest BCUT2D eigenvalue weighted by Crippen LogP contribution is -2.43. The first-order valence-electron chi connectivity index (χ1n) is 7.28. The van der Waals surface area contributed by atoms with E-state index in [1.807, 2.05) is 12.1 Å². The van der Waals surface area contributed by atoms with E-state index in [9.17, 15) is 18.4 Å². The molecule has 3 aromatic rings. The number of carbonyl (C=O) groups excluding carboxylic acids is 2. The highest BCUT2D eigenvalue weighted by molar-refractivity contribution is 6.07. The van der Waals surface area contributed by atoms with E-state index < -0.39 is 30.1 Å². The van der Waals surface area contributed by atoms with Crippen LogP contribution < -0.4 is 15.6 Å². The summed E-state index contributed by atoms with van der Waals surface area (Å²) in [5, 5.41) is 0.707. The second-order valence-corrected chi connectivity index (χ2v) is 5.11. The average Bonchev–Trinajstić information content (AvgIpc) is 3.03. The Morgan fingerprint density at radius 3 is 2.68 bits per heavy atom. The Kier molecular flexibility index (Phi) is 4.60. The highest BCUT2D eigenvalue weighted by atomic mass is 19.1. The molecule has 0 atom stereocenters. The molecule has 0 bridgehead atoms. The molecule has 0 aliphatic carbocycles. The van der Waals surface area contributed by atoms with Crippen molar-refractivity contribution in [1.29, 1.82) is 0 Å². The van der Waals surface area contributed by atoms with E-state index in [2.05, 4.69) is 15.8 Å². The summed E-state index contributed by atoms with van der Waals surface area (Å²) in [6.07, 6.45) is 1.52. The van der Waals surface area contributed by atoms with Gasteiger partial charge in [0.25, 0.3) is 11.8 Å². The number of nitrogens with one attached hydrogen (secondary N) is 3. The Labute approximate surface area is 140 Å². The number of aromatic amines is 1. The van der Waals surface area contributed by atoms with Crippen LogP contribution in [0, 0.1) is 11.6 Å². The van der Waals surface area contributed by atoms with Crippen LogP contribution in [0.15, 0.2) is 48.7 Å². The number of ether oxygens (including phenoxy) is 1. The summed E-state index contributed by atoms with van der Waals surface area (Å²) >= 11 is 0. The number of carbonyl (C=O) groups is 2. The molecule has 0 radical (unpaired) electrons. The molecule has 0 aliphatic rings. The van der Waals surface area contributed by atoms with Gasteiger partial charge in [-0.05, 0) is 18.2 Å². The summed E-state index contributed by atoms with van der Waals surface area (Å²) in [5.41, 5.74) is 5.56. The number of para-hydroxylation sites is 1. The third kappa shape index (κ3) is 3.74. The minimum absolute atomic E-state index is 0.264. The van der Waals surface area contributed by atoms with E-state index in [1.165, 1.54) is 6.20 Å². The monoisotopic (exact) mass is 345 g/mol. The molecule has 3 rings (SSSR count). The number of halogens is 2. The quantitative estimate of drug-likeness (QED) is 0.635. The molecule has 2 aromatic carbocycles. The number of fused-ring (bicyclic) bond motifs is 1. The van der Waals surface area contributed by atoms with Gasteiger partial charge in [0.2, 0.25) is 0 Å². The molecule has 25 heavy (non-hydrogen) atoms. The lowest BCUT2D eigenvalue weighted by atomic mass is 10.2. The Morgan fingerprint density at radius 2 is 1.88 bits per heavy atom. The van der Waals surface area contributed by atoms with Gasteiger partial charge in [0.05, 0.1) is 5.56 Å². The van der Waals surface area contributed by atoms with Gasteiger partial charge in [-0.25, -0.2) is 8.78 Å². The SMILES string of the molecule is O=C(COc1ccc(F)cc1F)NNC(=O)c1c[nH]c2ccccc12. The summed E-state index contributed by atoms with van der Waals surface area (Å²) in [4.78, 5) is 26.7. The third-order valence-corrected chi connectivity index (χ3v) is 3.40. The molecule has 0 unspecified atom stereocenters. The van der Waals surface area contributed by atoms with Gasteiger partial charge < -0.3 is 9.72 Å². The molecule has 0 spiro atoms. The van der Waals surface area contributed by atoms with Crippen LogP contribution in [0.25, 0.3) is 10.9 Å². The molecule has 1 aromatic heterocycles. The van der Waals surface area contributed by atoms with Crippen LogP contribution in [-0.2, 0) is 4.79 Å². The third-order valence-electron chi connectivity index (χ3n) is 3.40. The minimum atomic E-state index is -0.921. The maximum absolute atomic E-state index is 13.4. The van der Waals surface area contributed by atoms with Crippen molar-refractivity contribution in [1.82, 2.24) is 15.8 Å². The zero-order valence-corrected chi connectivity index (χ0v) is 12.8. The number of hydrazine groups is 1. The van der Waals surface area contributed by atoms with Crippen LogP contribution in [0.2, 0.25) is 0 Å². The highest BCUT2D eigenvalue weighted by Crippen LogP contribution is 2.18. The molecule has 8 heteroatoms. The van der Waals surface area contributed by atoms with E-state index in [0.29, 0.717) is 17.0 Å². The fourth-order valence-electron chi connectivity index (χ4n) is 2.22. The molecular formula is C17H13F2N3O3. The lowest BCUT2D eigenvalue weighted by Gasteiger charge is -2.09. The fourth-order valence-corrected chi connectivity index (χ4v) is 2.22. The van der Waals surface area contributed by atoms with E-state index in [1.54, 1.807) is 12.1 Å². The summed E-state index contributed by atoms with van der Waals surface area (Å²) in [6, 6.07) is 9.92. The van der Waals surface area contributed by atoms with Crippen molar-refractivity contribution in [2.45, 2.75) is 0 Å². The molecule has 0 saturated carbocycles. The molecule has 1 heterocycles. The number of rotatable bonds is 4. The van der Waals surface area contributed by atoms with Crippen LogP contribution in [0.4, 0.5) is 8.78 Å². The van der Waals surface area contributed by atoms with Crippen LogP contribution in [0.3, 0.4) is 0 Å². The van der Waals surface area contributed by atoms with Crippen molar-refractivity contribution >= 4 is 22.7 Å². The first-order valence-corrected chi connectivity index (χ1v) is 7.28. The maximum Gasteiger partial charge on any atom is 0.276 e. The Balaban J connectivity index is 1.54. The molecule has 128 valence electrons. The standard InChI is InChI=1S/C17H13F2N3O3/c18-10-5-6-15(13(19)7-10)25-9-16(23)21-22-17(24)12-8-20-14-4-2-1-3-11(12)14/h1-8,20H,9H2,(H,21,23)(H,22,24). The predicted molar refractivity (Wildman–Crippen MR) is 85.8 cm³/mol. The van der Waals surface area contributed by atoms with Crippen LogP contribution in [0.5, 0.6) is 5.75 Å². The predicted octanol–water partition coefficient (Wildman–Crippen LogP) is 2.29. The Morgan fingerprint density at radius 1 is 1.08 bits per heavy atom. The fraction of sp³-hybridized carbons (Fsp3) is 0.0588. The number of amides is 2. The lowest BCUT2D eigenvalue weighted by molar-refractivity contribution is -0.123. The molecule has 0 saturated heterocycles. The van der Waals surface area contributed by atoms with Gasteiger partial charge >= 0.3 is 0 Å². The molecule has 2 amide bonds.